The predicted octanol–water partition coefficient (Wildman–Crippen LogP) is 0.346. The van der Waals surface area contributed by atoms with Gasteiger partial charge in [0.15, 0.2) is 6.29 Å². The number of hydrogen-bond donors (Lipinski definition) is 2. The van der Waals surface area contributed by atoms with Gasteiger partial charge in [-0.1, -0.05) is 6.92 Å². The third-order valence-electron chi connectivity index (χ3n) is 1.82. The second-order valence-corrected chi connectivity index (χ2v) is 2.80. The molecule has 0 fully saturated rings. The summed E-state index contributed by atoms with van der Waals surface area (Å²) in [5, 5.41) is 1.92. The molecular formula is C9H23N3O2. The van der Waals surface area contributed by atoms with E-state index in [1.54, 1.807) is 7.11 Å². The fourth-order valence-corrected chi connectivity index (χ4v) is 1.15. The van der Waals surface area contributed by atoms with Crippen LogP contribution in [0.25, 0.3) is 0 Å². The molecule has 0 aliphatic rings. The third-order valence-corrected chi connectivity index (χ3v) is 1.82. The van der Waals surface area contributed by atoms with Gasteiger partial charge in [0.1, 0.15) is 0 Å². The lowest BCUT2D eigenvalue weighted by molar-refractivity contribution is -0.128. The van der Waals surface area contributed by atoms with Crippen molar-refractivity contribution in [3.63, 3.8) is 0 Å². The van der Waals surface area contributed by atoms with E-state index in [1.165, 1.54) is 0 Å². The van der Waals surface area contributed by atoms with Crippen LogP contribution in [0.5, 0.6) is 0 Å². The Morgan fingerprint density at radius 1 is 1.36 bits per heavy atom. The van der Waals surface area contributed by atoms with Gasteiger partial charge in [-0.25, -0.2) is 10.9 Å². The van der Waals surface area contributed by atoms with E-state index in [4.69, 9.17) is 9.47 Å². The van der Waals surface area contributed by atoms with Crippen LogP contribution in [0.1, 0.15) is 20.3 Å². The van der Waals surface area contributed by atoms with Crippen LogP contribution in [0.15, 0.2) is 0 Å². The van der Waals surface area contributed by atoms with Gasteiger partial charge in [-0.3, -0.25) is 0 Å². The highest BCUT2D eigenvalue weighted by molar-refractivity contribution is 4.49. The monoisotopic (exact) mass is 205 g/mol. The molecule has 0 bridgehead atoms. The minimum Gasteiger partial charge on any atom is -0.356 e. The van der Waals surface area contributed by atoms with E-state index >= 15 is 0 Å². The van der Waals surface area contributed by atoms with Crippen molar-refractivity contribution in [1.82, 2.24) is 16.0 Å². The van der Waals surface area contributed by atoms with Crippen molar-refractivity contribution in [3.8, 4) is 0 Å². The molecule has 0 amide bonds. The lowest BCUT2D eigenvalue weighted by Crippen LogP contribution is -2.47. The van der Waals surface area contributed by atoms with Crippen molar-refractivity contribution in [3.05, 3.63) is 0 Å². The van der Waals surface area contributed by atoms with Crippen LogP contribution < -0.4 is 10.9 Å². The van der Waals surface area contributed by atoms with Gasteiger partial charge >= 0.3 is 0 Å². The van der Waals surface area contributed by atoms with Gasteiger partial charge in [-0.05, 0) is 6.92 Å². The molecule has 0 spiro atoms. The highest BCUT2D eigenvalue weighted by atomic mass is 16.7. The van der Waals surface area contributed by atoms with Crippen LogP contribution in [-0.4, -0.2) is 45.3 Å². The van der Waals surface area contributed by atoms with Gasteiger partial charge in [-0.2, -0.15) is 5.12 Å². The van der Waals surface area contributed by atoms with Crippen LogP contribution in [0.4, 0.5) is 0 Å². The average molecular weight is 205 g/mol. The summed E-state index contributed by atoms with van der Waals surface area (Å²) in [6, 6.07) is 0. The number of hydrogen-bond acceptors (Lipinski definition) is 5. The first kappa shape index (κ1) is 13.8. The van der Waals surface area contributed by atoms with Crippen LogP contribution >= 0.6 is 0 Å². The summed E-state index contributed by atoms with van der Waals surface area (Å²) in [7, 11) is 3.54. The third kappa shape index (κ3) is 6.28. The Bertz CT molecular complexity index is 111. The summed E-state index contributed by atoms with van der Waals surface area (Å²) in [6.07, 6.45) is 0.715. The van der Waals surface area contributed by atoms with Crippen molar-refractivity contribution >= 4 is 0 Å². The maximum absolute atomic E-state index is 5.36. The summed E-state index contributed by atoms with van der Waals surface area (Å²) < 4.78 is 10.5. The summed E-state index contributed by atoms with van der Waals surface area (Å²) in [5.41, 5.74) is 6.20. The zero-order valence-electron chi connectivity index (χ0n) is 9.67. The summed E-state index contributed by atoms with van der Waals surface area (Å²) in [6.45, 7) is 6.43. The van der Waals surface area contributed by atoms with E-state index in [9.17, 15) is 0 Å². The van der Waals surface area contributed by atoms with E-state index in [0.29, 0.717) is 6.61 Å². The van der Waals surface area contributed by atoms with Crippen LogP contribution in [-0.2, 0) is 9.47 Å². The number of methoxy groups -OCH3 is 1. The molecule has 0 radical (unpaired) electrons. The second kappa shape index (κ2) is 9.36. The molecule has 5 nitrogen and oxygen atoms in total. The van der Waals surface area contributed by atoms with Gasteiger partial charge in [0.05, 0.1) is 0 Å². The van der Waals surface area contributed by atoms with E-state index < -0.39 is 0 Å². The second-order valence-electron chi connectivity index (χ2n) is 2.80. The highest BCUT2D eigenvalue weighted by Crippen LogP contribution is 1.99. The molecule has 0 saturated heterocycles. The summed E-state index contributed by atoms with van der Waals surface area (Å²) in [5.74, 6) is 0. The standard InChI is InChI=1S/C9H23N3O2/c1-5-11-12(10-3)8-7-9(13-4)14-6-2/h9-11H,5-8H2,1-4H3. The maximum atomic E-state index is 5.36. The first-order chi connectivity index (χ1) is 6.78. The van der Waals surface area contributed by atoms with Gasteiger partial charge in [0.2, 0.25) is 0 Å². The molecule has 0 aromatic carbocycles. The number of hydrazine groups is 2. The molecule has 5 heteroatoms. The minimum atomic E-state index is -0.116. The maximum Gasteiger partial charge on any atom is 0.158 e. The Balaban J connectivity index is 3.63. The molecule has 0 rings (SSSR count). The molecule has 14 heavy (non-hydrogen) atoms. The van der Waals surface area contributed by atoms with E-state index in [-0.39, 0.29) is 6.29 Å². The van der Waals surface area contributed by atoms with Gasteiger partial charge < -0.3 is 9.47 Å². The Hall–Kier alpha value is -0.200. The van der Waals surface area contributed by atoms with Crippen molar-refractivity contribution in [2.45, 2.75) is 26.6 Å². The Labute approximate surface area is 86.7 Å². The van der Waals surface area contributed by atoms with Crippen molar-refractivity contribution in [2.75, 3.05) is 33.9 Å². The van der Waals surface area contributed by atoms with Crippen molar-refractivity contribution in [2.24, 2.45) is 0 Å². The van der Waals surface area contributed by atoms with E-state index in [0.717, 1.165) is 19.5 Å². The zero-order valence-corrected chi connectivity index (χ0v) is 9.67. The lowest BCUT2D eigenvalue weighted by Gasteiger charge is -2.23. The normalized spacial score (nSPS) is 13.5. The molecule has 0 aliphatic carbocycles. The molecule has 1 unspecified atom stereocenters. The summed E-state index contributed by atoms with van der Waals surface area (Å²) >= 11 is 0. The van der Waals surface area contributed by atoms with Crippen LogP contribution in [0, 0.1) is 0 Å². The van der Waals surface area contributed by atoms with Crippen molar-refractivity contribution in [1.29, 1.82) is 0 Å². The fraction of sp³-hybridized carbons (Fsp3) is 1.00. The molecule has 1 atom stereocenters. The summed E-state index contributed by atoms with van der Waals surface area (Å²) in [4.78, 5) is 0. The Morgan fingerprint density at radius 2 is 2.07 bits per heavy atom. The number of ether oxygens (including phenoxy) is 2. The van der Waals surface area contributed by atoms with Crippen molar-refractivity contribution < 1.29 is 9.47 Å². The molecule has 0 aliphatic heterocycles. The Kier molecular flexibility index (Phi) is 9.23. The first-order valence-corrected chi connectivity index (χ1v) is 5.11. The van der Waals surface area contributed by atoms with E-state index in [2.05, 4.69) is 17.8 Å². The number of nitrogens with one attached hydrogen (secondary N) is 2. The first-order valence-electron chi connectivity index (χ1n) is 5.11. The molecular weight excluding hydrogens is 182 g/mol. The molecule has 86 valence electrons. The number of rotatable bonds is 9. The number of nitrogens with zero attached hydrogens (tertiary/aromatic N) is 1. The molecule has 0 aromatic heterocycles. The SMILES string of the molecule is CCNN(CCC(OC)OCC)NC. The van der Waals surface area contributed by atoms with Gasteiger partial charge in [-0.15, -0.1) is 0 Å². The molecule has 0 heterocycles. The zero-order chi connectivity index (χ0) is 10.8. The lowest BCUT2D eigenvalue weighted by atomic mass is 10.4. The van der Waals surface area contributed by atoms with Crippen LogP contribution in [0.3, 0.4) is 0 Å². The van der Waals surface area contributed by atoms with E-state index in [1.807, 2.05) is 19.1 Å². The average Bonchev–Trinajstić information content (AvgIpc) is 2.22. The molecule has 0 aromatic rings. The highest BCUT2D eigenvalue weighted by Gasteiger charge is 2.08. The molecule has 0 saturated carbocycles. The fourth-order valence-electron chi connectivity index (χ4n) is 1.15. The molecule has 2 N–H and O–H groups in total. The van der Waals surface area contributed by atoms with Crippen LogP contribution in [0.2, 0.25) is 0 Å². The Morgan fingerprint density at radius 3 is 2.50 bits per heavy atom. The van der Waals surface area contributed by atoms with Gasteiger partial charge in [0, 0.05) is 40.3 Å². The topological polar surface area (TPSA) is 45.8 Å². The quantitative estimate of drug-likeness (QED) is 0.420. The minimum absolute atomic E-state index is 0.116. The predicted molar refractivity (Wildman–Crippen MR) is 56.5 cm³/mol. The largest absolute Gasteiger partial charge is 0.356 e. The van der Waals surface area contributed by atoms with Gasteiger partial charge in [0.25, 0.3) is 0 Å². The smallest absolute Gasteiger partial charge is 0.158 e.